The van der Waals surface area contributed by atoms with Gasteiger partial charge in [0.2, 0.25) is 0 Å². The van der Waals surface area contributed by atoms with E-state index in [1.54, 1.807) is 0 Å². The van der Waals surface area contributed by atoms with Crippen molar-refractivity contribution >= 4 is 31.9 Å². The Hall–Kier alpha value is -0.640. The Kier molecular flexibility index (Phi) is 4.60. The first-order chi connectivity index (χ1) is 8.56. The second-order valence-electron chi connectivity index (χ2n) is 4.45. The molecule has 0 aliphatic rings. The van der Waals surface area contributed by atoms with Gasteiger partial charge in [0, 0.05) is 15.0 Å². The quantitative estimate of drug-likeness (QED) is 0.830. The fraction of sp³-hybridized carbons (Fsp3) is 0.200. The second-order valence-corrected chi connectivity index (χ2v) is 6.22. The van der Waals surface area contributed by atoms with E-state index in [9.17, 15) is 0 Å². The molecule has 0 bridgehead atoms. The molecule has 0 saturated heterocycles. The molecule has 2 rings (SSSR count). The Morgan fingerprint density at radius 3 is 2.33 bits per heavy atom. The molecule has 2 aromatic carbocycles. The van der Waals surface area contributed by atoms with E-state index in [0.717, 1.165) is 20.9 Å². The van der Waals surface area contributed by atoms with Gasteiger partial charge in [-0.3, -0.25) is 0 Å². The summed E-state index contributed by atoms with van der Waals surface area (Å²) in [6, 6.07) is 14.6. The van der Waals surface area contributed by atoms with Crippen molar-refractivity contribution in [3.05, 3.63) is 68.1 Å². The third-order valence-corrected chi connectivity index (χ3v) is 4.38. The minimum Gasteiger partial charge on any atom is -0.324 e. The Balaban J connectivity index is 2.13. The number of rotatable bonds is 3. The van der Waals surface area contributed by atoms with Gasteiger partial charge in [0.1, 0.15) is 0 Å². The molecule has 0 spiro atoms. The lowest BCUT2D eigenvalue weighted by Gasteiger charge is -2.13. The molecule has 1 atom stereocenters. The second kappa shape index (κ2) is 6.00. The van der Waals surface area contributed by atoms with Crippen molar-refractivity contribution in [1.29, 1.82) is 0 Å². The predicted molar refractivity (Wildman–Crippen MR) is 83.7 cm³/mol. The van der Waals surface area contributed by atoms with E-state index in [0.29, 0.717) is 0 Å². The van der Waals surface area contributed by atoms with Gasteiger partial charge < -0.3 is 5.73 Å². The number of benzene rings is 2. The summed E-state index contributed by atoms with van der Waals surface area (Å²) in [4.78, 5) is 0. The van der Waals surface area contributed by atoms with Crippen LogP contribution in [0.5, 0.6) is 0 Å². The first-order valence-electron chi connectivity index (χ1n) is 5.82. The lowest BCUT2D eigenvalue weighted by atomic mass is 9.99. The van der Waals surface area contributed by atoms with Crippen LogP contribution in [0.3, 0.4) is 0 Å². The third-order valence-electron chi connectivity index (χ3n) is 2.99. The van der Waals surface area contributed by atoms with Crippen LogP contribution in [0.1, 0.15) is 22.7 Å². The number of hydrogen-bond donors (Lipinski definition) is 1. The van der Waals surface area contributed by atoms with Crippen molar-refractivity contribution in [3.8, 4) is 0 Å². The molecular formula is C15H15Br2N. The van der Waals surface area contributed by atoms with E-state index in [1.165, 1.54) is 11.1 Å². The standard InChI is InChI=1S/C15H15Br2N/c1-10-2-5-12(9-14(10)17)15(18)8-11-3-6-13(16)7-4-11/h2-7,9,15H,8,18H2,1H3. The van der Waals surface area contributed by atoms with Gasteiger partial charge in [-0.1, -0.05) is 56.1 Å². The van der Waals surface area contributed by atoms with Crippen molar-refractivity contribution in [2.75, 3.05) is 0 Å². The lowest BCUT2D eigenvalue weighted by molar-refractivity contribution is 0.721. The summed E-state index contributed by atoms with van der Waals surface area (Å²) in [6.07, 6.45) is 0.850. The van der Waals surface area contributed by atoms with Gasteiger partial charge in [-0.2, -0.15) is 0 Å². The van der Waals surface area contributed by atoms with Crippen molar-refractivity contribution in [2.45, 2.75) is 19.4 Å². The molecule has 2 aromatic rings. The van der Waals surface area contributed by atoms with Gasteiger partial charge in [0.05, 0.1) is 0 Å². The number of hydrogen-bond acceptors (Lipinski definition) is 1. The zero-order valence-corrected chi connectivity index (χ0v) is 13.3. The molecular weight excluding hydrogens is 354 g/mol. The highest BCUT2D eigenvalue weighted by Gasteiger charge is 2.08. The first-order valence-corrected chi connectivity index (χ1v) is 7.41. The van der Waals surface area contributed by atoms with Crippen LogP contribution >= 0.6 is 31.9 Å². The summed E-state index contributed by atoms with van der Waals surface area (Å²) in [7, 11) is 0. The smallest absolute Gasteiger partial charge is 0.0336 e. The molecule has 0 radical (unpaired) electrons. The van der Waals surface area contributed by atoms with Gasteiger partial charge in [-0.05, 0) is 48.2 Å². The topological polar surface area (TPSA) is 26.0 Å². The van der Waals surface area contributed by atoms with Crippen molar-refractivity contribution in [1.82, 2.24) is 0 Å². The maximum atomic E-state index is 6.25. The van der Waals surface area contributed by atoms with Crippen LogP contribution in [0.4, 0.5) is 0 Å². The van der Waals surface area contributed by atoms with Crippen LogP contribution in [0.2, 0.25) is 0 Å². The summed E-state index contributed by atoms with van der Waals surface area (Å²) in [5, 5.41) is 0. The minimum atomic E-state index is 0.0306. The van der Waals surface area contributed by atoms with E-state index in [2.05, 4.69) is 69.1 Å². The molecule has 0 amide bonds. The summed E-state index contributed by atoms with van der Waals surface area (Å²) in [6.45, 7) is 2.08. The lowest BCUT2D eigenvalue weighted by Crippen LogP contribution is -2.13. The normalized spacial score (nSPS) is 12.4. The van der Waals surface area contributed by atoms with Crippen LogP contribution in [-0.4, -0.2) is 0 Å². The van der Waals surface area contributed by atoms with E-state index in [-0.39, 0.29) is 6.04 Å². The molecule has 2 N–H and O–H groups in total. The van der Waals surface area contributed by atoms with E-state index >= 15 is 0 Å². The van der Waals surface area contributed by atoms with Gasteiger partial charge in [0.15, 0.2) is 0 Å². The van der Waals surface area contributed by atoms with Crippen LogP contribution in [-0.2, 0) is 6.42 Å². The molecule has 0 aliphatic carbocycles. The van der Waals surface area contributed by atoms with Crippen molar-refractivity contribution < 1.29 is 0 Å². The summed E-state index contributed by atoms with van der Waals surface area (Å²) >= 11 is 6.98. The molecule has 0 aliphatic heterocycles. The van der Waals surface area contributed by atoms with Gasteiger partial charge in [-0.15, -0.1) is 0 Å². The highest BCUT2D eigenvalue weighted by atomic mass is 79.9. The highest BCUT2D eigenvalue weighted by Crippen LogP contribution is 2.23. The summed E-state index contributed by atoms with van der Waals surface area (Å²) in [5.41, 5.74) is 9.90. The van der Waals surface area contributed by atoms with Crippen LogP contribution in [0.15, 0.2) is 51.4 Å². The molecule has 0 fully saturated rings. The molecule has 1 nitrogen and oxygen atoms in total. The molecule has 1 unspecified atom stereocenters. The molecule has 0 heterocycles. The first kappa shape index (κ1) is 13.8. The van der Waals surface area contributed by atoms with Crippen LogP contribution < -0.4 is 5.73 Å². The highest BCUT2D eigenvalue weighted by molar-refractivity contribution is 9.10. The fourth-order valence-corrected chi connectivity index (χ4v) is 2.49. The zero-order chi connectivity index (χ0) is 13.1. The maximum Gasteiger partial charge on any atom is 0.0336 e. The molecule has 18 heavy (non-hydrogen) atoms. The number of aryl methyl sites for hydroxylation is 1. The SMILES string of the molecule is Cc1ccc(C(N)Cc2ccc(Br)cc2)cc1Br. The molecule has 94 valence electrons. The fourth-order valence-electron chi connectivity index (χ4n) is 1.83. The zero-order valence-electron chi connectivity index (χ0n) is 10.2. The van der Waals surface area contributed by atoms with Gasteiger partial charge in [0.25, 0.3) is 0 Å². The molecule has 0 aromatic heterocycles. The van der Waals surface area contributed by atoms with Gasteiger partial charge in [-0.25, -0.2) is 0 Å². The Morgan fingerprint density at radius 1 is 1.06 bits per heavy atom. The van der Waals surface area contributed by atoms with Crippen LogP contribution in [0, 0.1) is 6.92 Å². The molecule has 0 saturated carbocycles. The van der Waals surface area contributed by atoms with E-state index in [4.69, 9.17) is 5.73 Å². The Morgan fingerprint density at radius 2 is 1.72 bits per heavy atom. The monoisotopic (exact) mass is 367 g/mol. The Bertz CT molecular complexity index is 535. The average molecular weight is 369 g/mol. The summed E-state index contributed by atoms with van der Waals surface area (Å²) < 4.78 is 2.21. The maximum absolute atomic E-state index is 6.25. The van der Waals surface area contributed by atoms with Gasteiger partial charge >= 0.3 is 0 Å². The van der Waals surface area contributed by atoms with Crippen molar-refractivity contribution in [3.63, 3.8) is 0 Å². The molecule has 3 heteroatoms. The van der Waals surface area contributed by atoms with Crippen molar-refractivity contribution in [2.24, 2.45) is 5.73 Å². The van der Waals surface area contributed by atoms with E-state index in [1.807, 2.05) is 12.1 Å². The average Bonchev–Trinajstić information content (AvgIpc) is 2.35. The van der Waals surface area contributed by atoms with Crippen LogP contribution in [0.25, 0.3) is 0 Å². The predicted octanol–water partition coefficient (Wildman–Crippen LogP) is 4.76. The number of halogens is 2. The third kappa shape index (κ3) is 3.44. The number of nitrogens with two attached hydrogens (primary N) is 1. The Labute approximate surface area is 125 Å². The summed E-state index contributed by atoms with van der Waals surface area (Å²) in [5.74, 6) is 0. The van der Waals surface area contributed by atoms with E-state index < -0.39 is 0 Å². The minimum absolute atomic E-state index is 0.0306. The largest absolute Gasteiger partial charge is 0.324 e.